The first-order valence-corrected chi connectivity index (χ1v) is 12.7. The highest BCUT2D eigenvalue weighted by atomic mass is 16.5. The molecule has 4 aromatic rings. The predicted octanol–water partition coefficient (Wildman–Crippen LogP) is 5.34. The van der Waals surface area contributed by atoms with Gasteiger partial charge in [0.15, 0.2) is 0 Å². The maximum atomic E-state index is 11.3. The van der Waals surface area contributed by atoms with Gasteiger partial charge in [0.2, 0.25) is 5.91 Å². The van der Waals surface area contributed by atoms with Crippen LogP contribution in [0.4, 0.5) is 0 Å². The number of hydrogen-bond donors (Lipinski definition) is 4. The molecule has 0 aliphatic carbocycles. The lowest BCUT2D eigenvalue weighted by atomic mass is 9.98. The lowest BCUT2D eigenvalue weighted by Crippen LogP contribution is -2.18. The maximum absolute atomic E-state index is 11.3. The third kappa shape index (κ3) is 7.28. The number of aromatic nitrogens is 1. The summed E-state index contributed by atoms with van der Waals surface area (Å²) in [7, 11) is 0. The summed E-state index contributed by atoms with van der Waals surface area (Å²) in [5.74, 6) is -0.759. The van der Waals surface area contributed by atoms with Gasteiger partial charge < -0.3 is 15.2 Å². The van der Waals surface area contributed by atoms with Crippen molar-refractivity contribution >= 4 is 28.4 Å². The van der Waals surface area contributed by atoms with E-state index in [1.54, 1.807) is 23.8 Å². The highest BCUT2D eigenvalue weighted by Gasteiger charge is 2.14. The van der Waals surface area contributed by atoms with Crippen LogP contribution < -0.4 is 15.5 Å². The molecule has 0 aliphatic rings. The number of nitrogens with zero attached hydrogens (tertiary/aromatic N) is 1. The summed E-state index contributed by atoms with van der Waals surface area (Å²) in [6.07, 6.45) is 3.21. The van der Waals surface area contributed by atoms with Crippen LogP contribution in [-0.2, 0) is 22.7 Å². The second-order valence-electron chi connectivity index (χ2n) is 9.13. The van der Waals surface area contributed by atoms with E-state index in [1.807, 2.05) is 42.5 Å². The number of amides is 1. The number of pyridine rings is 1. The highest BCUT2D eigenvalue weighted by molar-refractivity contribution is 6.14. The Morgan fingerprint density at radius 1 is 0.949 bits per heavy atom. The molecule has 1 amide bonds. The summed E-state index contributed by atoms with van der Waals surface area (Å²) in [5, 5.41) is 22.5. The predicted molar refractivity (Wildman–Crippen MR) is 150 cm³/mol. The van der Waals surface area contributed by atoms with Crippen LogP contribution in [0.3, 0.4) is 0 Å². The van der Waals surface area contributed by atoms with Crippen molar-refractivity contribution in [1.29, 1.82) is 0 Å². The number of para-hydroxylation sites is 1. The minimum Gasteiger partial charge on any atom is -0.493 e. The molecule has 0 unspecified atom stereocenters. The summed E-state index contributed by atoms with van der Waals surface area (Å²) >= 11 is 0. The first-order valence-electron chi connectivity index (χ1n) is 12.7. The largest absolute Gasteiger partial charge is 0.493 e. The van der Waals surface area contributed by atoms with Crippen LogP contribution in [-0.4, -0.2) is 33.8 Å². The summed E-state index contributed by atoms with van der Waals surface area (Å²) in [6.45, 7) is 5.24. The van der Waals surface area contributed by atoms with Crippen molar-refractivity contribution in [1.82, 2.24) is 15.8 Å². The Morgan fingerprint density at radius 3 is 2.54 bits per heavy atom. The van der Waals surface area contributed by atoms with Gasteiger partial charge in [0.05, 0.1) is 17.7 Å². The number of carboxylic acids is 1. The SMILES string of the molecule is C=C(C(=O)O)c1ccc(-c2cccc(CNCc3ccc4cccnc4c3)c2OCCCCC(=O)NO)cc1. The number of benzene rings is 3. The molecule has 8 heteroatoms. The topological polar surface area (TPSA) is 121 Å². The molecular formula is C31H31N3O5. The second kappa shape index (κ2) is 13.3. The van der Waals surface area contributed by atoms with Gasteiger partial charge >= 0.3 is 5.97 Å². The molecule has 0 atom stereocenters. The summed E-state index contributed by atoms with van der Waals surface area (Å²) in [4.78, 5) is 27.0. The van der Waals surface area contributed by atoms with Crippen LogP contribution in [0.15, 0.2) is 85.6 Å². The lowest BCUT2D eigenvalue weighted by Gasteiger charge is -2.17. The molecule has 0 radical (unpaired) electrons. The number of carbonyl (C=O) groups is 2. The van der Waals surface area contributed by atoms with Crippen molar-refractivity contribution in [3.8, 4) is 16.9 Å². The highest BCUT2D eigenvalue weighted by Crippen LogP contribution is 2.34. The number of carboxylic acid groups (broad SMARTS) is 1. The van der Waals surface area contributed by atoms with Crippen LogP contribution in [0.1, 0.15) is 36.0 Å². The van der Waals surface area contributed by atoms with Gasteiger partial charge in [0.1, 0.15) is 5.75 Å². The van der Waals surface area contributed by atoms with Crippen molar-refractivity contribution in [2.45, 2.75) is 32.4 Å². The number of fused-ring (bicyclic) bond motifs is 1. The first-order chi connectivity index (χ1) is 19.0. The Bertz CT molecular complexity index is 1470. The van der Waals surface area contributed by atoms with Gasteiger partial charge in [0, 0.05) is 42.2 Å². The molecule has 0 spiro atoms. The molecule has 4 rings (SSSR count). The number of nitrogens with one attached hydrogen (secondary N) is 2. The molecule has 0 aliphatic heterocycles. The van der Waals surface area contributed by atoms with E-state index in [9.17, 15) is 14.7 Å². The summed E-state index contributed by atoms with van der Waals surface area (Å²) in [5.41, 5.74) is 7.02. The molecule has 0 bridgehead atoms. The number of hydrogen-bond acceptors (Lipinski definition) is 6. The smallest absolute Gasteiger partial charge is 0.335 e. The zero-order valence-electron chi connectivity index (χ0n) is 21.5. The van der Waals surface area contributed by atoms with E-state index in [0.29, 0.717) is 38.1 Å². The third-order valence-electron chi connectivity index (χ3n) is 6.38. The fraction of sp³-hybridized carbons (Fsp3) is 0.194. The van der Waals surface area contributed by atoms with Gasteiger partial charge in [-0.1, -0.05) is 67.2 Å². The summed E-state index contributed by atoms with van der Waals surface area (Å²) < 4.78 is 6.26. The molecule has 1 heterocycles. The van der Waals surface area contributed by atoms with Crippen LogP contribution in [0.2, 0.25) is 0 Å². The van der Waals surface area contributed by atoms with Crippen LogP contribution in [0.5, 0.6) is 5.75 Å². The molecule has 1 aromatic heterocycles. The standard InChI is InChI=1S/C31H31N3O5/c1-21(31(36)37)23-12-14-24(15-13-23)27-8-4-6-26(30(27)39-17-3-2-9-29(35)34-38)20-32-19-22-10-11-25-7-5-16-33-28(25)18-22/h4-8,10-16,18,32,38H,1-3,9,17,19-20H2,(H,34,35)(H,36,37). The normalized spacial score (nSPS) is 10.8. The van der Waals surface area contributed by atoms with E-state index in [2.05, 4.69) is 35.1 Å². The number of ether oxygens (including phenoxy) is 1. The summed E-state index contributed by atoms with van der Waals surface area (Å²) in [6, 6.07) is 23.3. The molecule has 0 saturated heterocycles. The monoisotopic (exact) mass is 525 g/mol. The Morgan fingerprint density at radius 2 is 1.77 bits per heavy atom. The van der Waals surface area contributed by atoms with Gasteiger partial charge in [-0.15, -0.1) is 0 Å². The van der Waals surface area contributed by atoms with Gasteiger partial charge in [-0.05, 0) is 41.7 Å². The Kier molecular flexibility index (Phi) is 9.39. The van der Waals surface area contributed by atoms with E-state index >= 15 is 0 Å². The average Bonchev–Trinajstić information content (AvgIpc) is 2.96. The van der Waals surface area contributed by atoms with E-state index in [-0.39, 0.29) is 12.0 Å². The maximum Gasteiger partial charge on any atom is 0.335 e. The van der Waals surface area contributed by atoms with Crippen molar-refractivity contribution in [2.24, 2.45) is 0 Å². The molecule has 8 nitrogen and oxygen atoms in total. The minimum absolute atomic E-state index is 0.0341. The average molecular weight is 526 g/mol. The van der Waals surface area contributed by atoms with Crippen molar-refractivity contribution < 1.29 is 24.6 Å². The molecule has 3 aromatic carbocycles. The van der Waals surface area contributed by atoms with Gasteiger partial charge in [-0.3, -0.25) is 15.0 Å². The van der Waals surface area contributed by atoms with Crippen molar-refractivity contribution in [2.75, 3.05) is 6.61 Å². The molecule has 0 fully saturated rings. The molecule has 4 N–H and O–H groups in total. The fourth-order valence-electron chi connectivity index (χ4n) is 4.28. The van der Waals surface area contributed by atoms with Crippen LogP contribution >= 0.6 is 0 Å². The van der Waals surface area contributed by atoms with E-state index in [1.165, 1.54) is 0 Å². The molecule has 39 heavy (non-hydrogen) atoms. The number of hydroxylamine groups is 1. The van der Waals surface area contributed by atoms with Gasteiger partial charge in [-0.25, -0.2) is 10.3 Å². The Balaban J connectivity index is 1.51. The van der Waals surface area contributed by atoms with E-state index < -0.39 is 11.9 Å². The van der Waals surface area contributed by atoms with Gasteiger partial charge in [0.25, 0.3) is 0 Å². The number of unbranched alkanes of at least 4 members (excludes halogenated alkanes) is 1. The zero-order chi connectivity index (χ0) is 27.6. The fourth-order valence-corrected chi connectivity index (χ4v) is 4.28. The first kappa shape index (κ1) is 27.5. The molecular weight excluding hydrogens is 494 g/mol. The Labute approximate surface area is 226 Å². The van der Waals surface area contributed by atoms with E-state index in [0.717, 1.165) is 38.9 Å². The van der Waals surface area contributed by atoms with Crippen LogP contribution in [0.25, 0.3) is 27.6 Å². The molecule has 200 valence electrons. The van der Waals surface area contributed by atoms with E-state index in [4.69, 9.17) is 9.94 Å². The quantitative estimate of drug-likeness (QED) is 0.0804. The minimum atomic E-state index is -1.06. The lowest BCUT2D eigenvalue weighted by molar-refractivity contribution is -0.130. The Hall–Kier alpha value is -4.53. The van der Waals surface area contributed by atoms with Crippen LogP contribution in [0, 0.1) is 0 Å². The zero-order valence-corrected chi connectivity index (χ0v) is 21.5. The van der Waals surface area contributed by atoms with Crippen molar-refractivity contribution in [3.63, 3.8) is 0 Å². The third-order valence-corrected chi connectivity index (χ3v) is 6.38. The second-order valence-corrected chi connectivity index (χ2v) is 9.13. The number of aliphatic carboxylic acids is 1. The number of rotatable bonds is 13. The number of carbonyl (C=O) groups excluding carboxylic acids is 1. The van der Waals surface area contributed by atoms with Gasteiger partial charge in [-0.2, -0.15) is 0 Å². The van der Waals surface area contributed by atoms with Crippen molar-refractivity contribution in [3.05, 3.63) is 102 Å². The molecule has 0 saturated carbocycles.